The van der Waals surface area contributed by atoms with E-state index < -0.39 is 25.8 Å². The number of nitrogens with zero attached hydrogens (tertiary/aromatic N) is 2. The molecule has 2 aromatic carbocycles. The molecule has 39 heavy (non-hydrogen) atoms. The summed E-state index contributed by atoms with van der Waals surface area (Å²) >= 11 is 0. The van der Waals surface area contributed by atoms with Gasteiger partial charge in [-0.15, -0.1) is 0 Å². The molecule has 0 aliphatic heterocycles. The highest BCUT2D eigenvalue weighted by molar-refractivity contribution is 6.76. The van der Waals surface area contributed by atoms with Crippen molar-refractivity contribution < 1.29 is 32.2 Å². The van der Waals surface area contributed by atoms with Gasteiger partial charge in [-0.25, -0.2) is 4.98 Å². The number of fused-ring (bicyclic) bond motifs is 1. The van der Waals surface area contributed by atoms with Crippen molar-refractivity contribution in [2.75, 3.05) is 6.61 Å². The summed E-state index contributed by atoms with van der Waals surface area (Å²) in [5.41, 5.74) is 0.643. The molecule has 2 aromatic heterocycles. The van der Waals surface area contributed by atoms with Gasteiger partial charge in [-0.3, -0.25) is 4.79 Å². The Morgan fingerprint density at radius 2 is 1.77 bits per heavy atom. The zero-order valence-electron chi connectivity index (χ0n) is 22.3. The number of pyridine rings is 1. The summed E-state index contributed by atoms with van der Waals surface area (Å²) in [6.45, 7) is 8.82. The average Bonchev–Trinajstić information content (AvgIpc) is 3.24. The molecule has 4 aromatic rings. The van der Waals surface area contributed by atoms with Gasteiger partial charge >= 0.3 is 12.1 Å². The first-order valence-corrected chi connectivity index (χ1v) is 16.3. The third-order valence-electron chi connectivity index (χ3n) is 6.03. The summed E-state index contributed by atoms with van der Waals surface area (Å²) < 4.78 is 60.5. The number of aryl methyl sites for hydroxylation is 1. The molecule has 4 rings (SSSR count). The van der Waals surface area contributed by atoms with E-state index >= 15 is 0 Å². The van der Waals surface area contributed by atoms with E-state index in [1.165, 1.54) is 16.8 Å². The lowest BCUT2D eigenvalue weighted by Gasteiger charge is -2.15. The van der Waals surface area contributed by atoms with Crippen LogP contribution < -0.4 is 9.47 Å². The van der Waals surface area contributed by atoms with Crippen LogP contribution in [0.3, 0.4) is 0 Å². The molecule has 6 nitrogen and oxygen atoms in total. The van der Waals surface area contributed by atoms with Gasteiger partial charge in [-0.05, 0) is 48.4 Å². The van der Waals surface area contributed by atoms with Crippen LogP contribution in [0.25, 0.3) is 11.0 Å². The van der Waals surface area contributed by atoms with Gasteiger partial charge in [0.2, 0.25) is 0 Å². The van der Waals surface area contributed by atoms with Crippen LogP contribution in [0, 0.1) is 6.92 Å². The zero-order valence-corrected chi connectivity index (χ0v) is 23.3. The lowest BCUT2D eigenvalue weighted by atomic mass is 10.1. The second-order valence-electron chi connectivity index (χ2n) is 10.5. The van der Waals surface area contributed by atoms with Crippen molar-refractivity contribution in [2.24, 2.45) is 0 Å². The fourth-order valence-corrected chi connectivity index (χ4v) is 4.76. The maximum absolute atomic E-state index is 14.0. The normalized spacial score (nSPS) is 12.1. The SMILES string of the molecule is Cc1cc(CC(=O)Oc2ccccc2)ccc1Oc1ccnc2c1c(C(F)(F)F)cn2COCC[Si](C)(C)C. The quantitative estimate of drug-likeness (QED) is 0.0870. The highest BCUT2D eigenvalue weighted by Gasteiger charge is 2.36. The number of ether oxygens (including phenoxy) is 3. The number of carbonyl (C=O) groups is 1. The molecular weight excluding hydrogens is 525 g/mol. The van der Waals surface area contributed by atoms with Crippen LogP contribution in [0.2, 0.25) is 25.7 Å². The van der Waals surface area contributed by atoms with Crippen molar-refractivity contribution >= 4 is 25.1 Å². The maximum Gasteiger partial charge on any atom is 0.418 e. The van der Waals surface area contributed by atoms with Crippen LogP contribution in [0.15, 0.2) is 67.0 Å². The molecule has 0 saturated heterocycles. The van der Waals surface area contributed by atoms with Gasteiger partial charge in [0, 0.05) is 27.1 Å². The van der Waals surface area contributed by atoms with Crippen LogP contribution in [0.5, 0.6) is 17.2 Å². The van der Waals surface area contributed by atoms with Crippen LogP contribution >= 0.6 is 0 Å². The topological polar surface area (TPSA) is 62.6 Å². The molecule has 0 N–H and O–H groups in total. The van der Waals surface area contributed by atoms with E-state index in [1.807, 2.05) is 6.07 Å². The second kappa shape index (κ2) is 11.6. The van der Waals surface area contributed by atoms with Crippen molar-refractivity contribution in [3.05, 3.63) is 83.7 Å². The predicted octanol–water partition coefficient (Wildman–Crippen LogP) is 7.62. The summed E-state index contributed by atoms with van der Waals surface area (Å²) in [5, 5.41) is -0.131. The van der Waals surface area contributed by atoms with E-state index in [4.69, 9.17) is 14.2 Å². The molecule has 0 saturated carbocycles. The van der Waals surface area contributed by atoms with E-state index in [0.29, 0.717) is 29.2 Å². The number of aromatic nitrogens is 2. The Kier molecular flexibility index (Phi) is 8.46. The summed E-state index contributed by atoms with van der Waals surface area (Å²) in [5.74, 6) is 0.436. The number of para-hydroxylation sites is 1. The Morgan fingerprint density at radius 1 is 1.03 bits per heavy atom. The maximum atomic E-state index is 14.0. The third kappa shape index (κ3) is 7.48. The minimum absolute atomic E-state index is 0.0347. The van der Waals surface area contributed by atoms with Gasteiger partial charge < -0.3 is 18.8 Å². The minimum Gasteiger partial charge on any atom is -0.456 e. The standard InChI is InChI=1S/C29H31F3N2O4Si/c1-20-16-21(17-26(35)37-22-8-6-5-7-9-22)10-11-24(20)38-25-12-13-33-28-27(25)23(29(30,31)32)18-34(28)19-36-14-15-39(2,3)4/h5-13,16,18H,14-15,17,19H2,1-4H3. The van der Waals surface area contributed by atoms with Crippen LogP contribution in [0.1, 0.15) is 16.7 Å². The van der Waals surface area contributed by atoms with Gasteiger partial charge in [0.15, 0.2) is 0 Å². The molecule has 0 fully saturated rings. The molecule has 0 unspecified atom stereocenters. The highest BCUT2D eigenvalue weighted by atomic mass is 28.3. The van der Waals surface area contributed by atoms with Crippen LogP contribution in [-0.4, -0.2) is 30.2 Å². The zero-order chi connectivity index (χ0) is 28.2. The molecular formula is C29H31F3N2O4Si. The molecule has 0 bridgehead atoms. The number of alkyl halides is 3. The minimum atomic E-state index is -4.61. The van der Waals surface area contributed by atoms with E-state index in [9.17, 15) is 18.0 Å². The fourth-order valence-electron chi connectivity index (χ4n) is 4.00. The summed E-state index contributed by atoms with van der Waals surface area (Å²) in [4.78, 5) is 16.5. The fraction of sp³-hybridized carbons (Fsp3) is 0.310. The van der Waals surface area contributed by atoms with Gasteiger partial charge in [-0.2, -0.15) is 13.2 Å². The molecule has 0 amide bonds. The molecule has 0 aliphatic rings. The lowest BCUT2D eigenvalue weighted by molar-refractivity contribution is -0.136. The average molecular weight is 557 g/mol. The van der Waals surface area contributed by atoms with Crippen molar-refractivity contribution in [1.82, 2.24) is 9.55 Å². The van der Waals surface area contributed by atoms with E-state index in [1.54, 1.807) is 49.4 Å². The molecule has 10 heteroatoms. The first-order valence-electron chi connectivity index (χ1n) is 12.6. The molecule has 0 atom stereocenters. The van der Waals surface area contributed by atoms with E-state index in [2.05, 4.69) is 24.6 Å². The Morgan fingerprint density at radius 3 is 2.44 bits per heavy atom. The van der Waals surface area contributed by atoms with Crippen LogP contribution in [0.4, 0.5) is 13.2 Å². The molecule has 206 valence electrons. The number of hydrogen-bond acceptors (Lipinski definition) is 5. The Hall–Kier alpha value is -3.63. The number of rotatable bonds is 10. The van der Waals surface area contributed by atoms with Gasteiger partial charge in [0.25, 0.3) is 0 Å². The Bertz CT molecular complexity index is 1450. The molecule has 0 aliphatic carbocycles. The van der Waals surface area contributed by atoms with Gasteiger partial charge in [-0.1, -0.05) is 50.0 Å². The van der Waals surface area contributed by atoms with Crippen molar-refractivity contribution in [1.29, 1.82) is 0 Å². The lowest BCUT2D eigenvalue weighted by Crippen LogP contribution is -2.22. The number of hydrogen-bond donors (Lipinski definition) is 0. The van der Waals surface area contributed by atoms with Gasteiger partial charge in [0.05, 0.1) is 17.4 Å². The molecule has 2 heterocycles. The smallest absolute Gasteiger partial charge is 0.418 e. The van der Waals surface area contributed by atoms with E-state index in [0.717, 1.165) is 12.2 Å². The van der Waals surface area contributed by atoms with Crippen LogP contribution in [-0.2, 0) is 28.9 Å². The number of carbonyl (C=O) groups excluding carboxylic acids is 1. The summed E-state index contributed by atoms with van der Waals surface area (Å²) in [7, 11) is -1.34. The van der Waals surface area contributed by atoms with Crippen molar-refractivity contribution in [3.63, 3.8) is 0 Å². The largest absolute Gasteiger partial charge is 0.456 e. The number of halogens is 3. The molecule has 0 radical (unpaired) electrons. The highest BCUT2D eigenvalue weighted by Crippen LogP contribution is 2.41. The predicted molar refractivity (Wildman–Crippen MR) is 146 cm³/mol. The molecule has 0 spiro atoms. The Labute approximate surface area is 226 Å². The summed E-state index contributed by atoms with van der Waals surface area (Å²) in [6.07, 6.45) is -2.14. The summed E-state index contributed by atoms with van der Waals surface area (Å²) in [6, 6.07) is 16.1. The van der Waals surface area contributed by atoms with Gasteiger partial charge in [0.1, 0.15) is 29.6 Å². The third-order valence-corrected chi connectivity index (χ3v) is 7.74. The Balaban J connectivity index is 1.55. The van der Waals surface area contributed by atoms with Crippen molar-refractivity contribution in [3.8, 4) is 17.2 Å². The van der Waals surface area contributed by atoms with Crippen molar-refractivity contribution in [2.45, 2.75) is 51.9 Å². The second-order valence-corrected chi connectivity index (χ2v) is 16.2. The number of benzene rings is 2. The van der Waals surface area contributed by atoms with E-state index in [-0.39, 0.29) is 29.9 Å². The first-order chi connectivity index (χ1) is 18.4. The first kappa shape index (κ1) is 28.4. The number of esters is 1. The monoisotopic (exact) mass is 556 g/mol.